The van der Waals surface area contributed by atoms with Crippen LogP contribution in [0, 0.1) is 6.92 Å². The highest BCUT2D eigenvalue weighted by atomic mass is 35.5. The zero-order chi connectivity index (χ0) is 11.4. The van der Waals surface area contributed by atoms with Crippen LogP contribution in [0.2, 0.25) is 0 Å². The van der Waals surface area contributed by atoms with E-state index in [4.69, 9.17) is 4.42 Å². The molecule has 0 unspecified atom stereocenters. The van der Waals surface area contributed by atoms with Gasteiger partial charge in [-0.1, -0.05) is 0 Å². The van der Waals surface area contributed by atoms with Crippen LogP contribution < -0.4 is 10.6 Å². The Labute approximate surface area is 108 Å². The molecule has 17 heavy (non-hydrogen) atoms. The van der Waals surface area contributed by atoms with Gasteiger partial charge in [0.2, 0.25) is 0 Å². The summed E-state index contributed by atoms with van der Waals surface area (Å²) < 4.78 is 5.12. The predicted octanol–water partition coefficient (Wildman–Crippen LogP) is 1.88. The van der Waals surface area contributed by atoms with Crippen LogP contribution in [-0.2, 0) is 0 Å². The first-order valence-electron chi connectivity index (χ1n) is 5.83. The molecule has 0 saturated carbocycles. The maximum Gasteiger partial charge on any atom is 0.287 e. The minimum atomic E-state index is -0.111. The van der Waals surface area contributed by atoms with Crippen molar-refractivity contribution >= 4 is 18.3 Å². The van der Waals surface area contributed by atoms with E-state index in [-0.39, 0.29) is 18.3 Å². The van der Waals surface area contributed by atoms with E-state index in [1.165, 1.54) is 12.8 Å². The fraction of sp³-hybridized carbons (Fsp3) is 0.583. The number of rotatable bonds is 4. The Morgan fingerprint density at radius 1 is 1.65 bits per heavy atom. The number of nitrogens with one attached hydrogen (secondary N) is 2. The van der Waals surface area contributed by atoms with Gasteiger partial charge in [0.1, 0.15) is 0 Å². The molecule has 1 aromatic heterocycles. The third-order valence-electron chi connectivity index (χ3n) is 3.01. The van der Waals surface area contributed by atoms with Crippen molar-refractivity contribution in [2.24, 2.45) is 0 Å². The van der Waals surface area contributed by atoms with Crippen LogP contribution in [0.1, 0.15) is 35.4 Å². The Morgan fingerprint density at radius 3 is 3.06 bits per heavy atom. The summed E-state index contributed by atoms with van der Waals surface area (Å²) in [7, 11) is 0. The summed E-state index contributed by atoms with van der Waals surface area (Å²) in [5.74, 6) is 0.319. The third-order valence-corrected chi connectivity index (χ3v) is 3.01. The second-order valence-corrected chi connectivity index (χ2v) is 4.27. The summed E-state index contributed by atoms with van der Waals surface area (Å²) in [4.78, 5) is 11.7. The number of carbonyl (C=O) groups is 1. The topological polar surface area (TPSA) is 54.3 Å². The molecule has 4 nitrogen and oxygen atoms in total. The molecule has 0 radical (unpaired) electrons. The molecule has 2 heterocycles. The van der Waals surface area contributed by atoms with Gasteiger partial charge in [-0.05, 0) is 38.8 Å². The molecular weight excluding hydrogens is 240 g/mol. The molecule has 1 aliphatic rings. The first-order valence-corrected chi connectivity index (χ1v) is 5.83. The molecule has 1 amide bonds. The van der Waals surface area contributed by atoms with Crippen molar-refractivity contribution in [3.05, 3.63) is 23.7 Å². The summed E-state index contributed by atoms with van der Waals surface area (Å²) >= 11 is 0. The number of carbonyl (C=O) groups excluding carboxylic acids is 1. The number of furan rings is 1. The Bertz CT molecular complexity index is 359. The van der Waals surface area contributed by atoms with Gasteiger partial charge in [0.15, 0.2) is 5.76 Å². The Morgan fingerprint density at radius 2 is 2.47 bits per heavy atom. The van der Waals surface area contributed by atoms with E-state index in [1.807, 2.05) is 6.92 Å². The fourth-order valence-electron chi connectivity index (χ4n) is 2.05. The molecule has 96 valence electrons. The van der Waals surface area contributed by atoms with Gasteiger partial charge in [0.25, 0.3) is 5.91 Å². The number of hydrogen-bond acceptors (Lipinski definition) is 3. The van der Waals surface area contributed by atoms with Gasteiger partial charge < -0.3 is 15.1 Å². The van der Waals surface area contributed by atoms with E-state index in [9.17, 15) is 4.79 Å². The van der Waals surface area contributed by atoms with Crippen molar-refractivity contribution in [1.29, 1.82) is 0 Å². The summed E-state index contributed by atoms with van der Waals surface area (Å²) in [6, 6.07) is 2.37. The van der Waals surface area contributed by atoms with Crippen molar-refractivity contribution in [2.45, 2.75) is 32.2 Å². The second kappa shape index (κ2) is 6.67. The monoisotopic (exact) mass is 258 g/mol. The van der Waals surface area contributed by atoms with Gasteiger partial charge in [-0.15, -0.1) is 12.4 Å². The van der Waals surface area contributed by atoms with E-state index in [2.05, 4.69) is 10.6 Å². The lowest BCUT2D eigenvalue weighted by Gasteiger charge is -2.10. The first kappa shape index (κ1) is 14.1. The summed E-state index contributed by atoms with van der Waals surface area (Å²) in [6.45, 7) is 3.68. The SMILES string of the molecule is Cc1ccoc1C(=O)NCC[C@H]1CCCN1.Cl. The molecule has 1 atom stereocenters. The quantitative estimate of drug-likeness (QED) is 0.867. The highest BCUT2D eigenvalue weighted by Gasteiger charge is 2.15. The van der Waals surface area contributed by atoms with Crippen molar-refractivity contribution < 1.29 is 9.21 Å². The van der Waals surface area contributed by atoms with E-state index >= 15 is 0 Å². The van der Waals surface area contributed by atoms with Crippen LogP contribution >= 0.6 is 12.4 Å². The molecule has 1 aromatic rings. The number of halogens is 1. The van der Waals surface area contributed by atoms with Crippen LogP contribution in [0.15, 0.2) is 16.7 Å². The van der Waals surface area contributed by atoms with Crippen molar-refractivity contribution in [1.82, 2.24) is 10.6 Å². The second-order valence-electron chi connectivity index (χ2n) is 4.27. The number of amides is 1. The molecule has 0 aliphatic carbocycles. The van der Waals surface area contributed by atoms with E-state index in [0.29, 0.717) is 18.3 Å². The molecular formula is C12H19ClN2O2. The molecule has 0 bridgehead atoms. The van der Waals surface area contributed by atoms with Gasteiger partial charge in [0.05, 0.1) is 6.26 Å². The van der Waals surface area contributed by atoms with Crippen LogP contribution in [-0.4, -0.2) is 25.0 Å². The minimum Gasteiger partial charge on any atom is -0.459 e. The minimum absolute atomic E-state index is 0. The summed E-state index contributed by atoms with van der Waals surface area (Å²) in [5, 5.41) is 6.28. The smallest absolute Gasteiger partial charge is 0.287 e. The Hall–Kier alpha value is -1.00. The fourth-order valence-corrected chi connectivity index (χ4v) is 2.05. The van der Waals surface area contributed by atoms with Gasteiger partial charge in [-0.2, -0.15) is 0 Å². The van der Waals surface area contributed by atoms with Crippen LogP contribution in [0.5, 0.6) is 0 Å². The zero-order valence-corrected chi connectivity index (χ0v) is 10.8. The Kier molecular flexibility index (Phi) is 5.51. The van der Waals surface area contributed by atoms with Crippen LogP contribution in [0.25, 0.3) is 0 Å². The average molecular weight is 259 g/mol. The highest BCUT2D eigenvalue weighted by Crippen LogP contribution is 2.09. The normalized spacial score (nSPS) is 18.8. The van der Waals surface area contributed by atoms with E-state index < -0.39 is 0 Å². The lowest BCUT2D eigenvalue weighted by atomic mass is 10.1. The maximum atomic E-state index is 11.7. The van der Waals surface area contributed by atoms with Crippen LogP contribution in [0.3, 0.4) is 0 Å². The van der Waals surface area contributed by atoms with E-state index in [0.717, 1.165) is 18.5 Å². The van der Waals surface area contributed by atoms with Gasteiger partial charge in [0, 0.05) is 18.2 Å². The van der Waals surface area contributed by atoms with Crippen molar-refractivity contribution in [3.63, 3.8) is 0 Å². The lowest BCUT2D eigenvalue weighted by Crippen LogP contribution is -2.30. The van der Waals surface area contributed by atoms with Crippen LogP contribution in [0.4, 0.5) is 0 Å². The highest BCUT2D eigenvalue weighted by molar-refractivity contribution is 5.92. The predicted molar refractivity (Wildman–Crippen MR) is 68.7 cm³/mol. The average Bonchev–Trinajstić information content (AvgIpc) is 2.88. The molecule has 0 spiro atoms. The van der Waals surface area contributed by atoms with Gasteiger partial charge in [-0.25, -0.2) is 0 Å². The molecule has 0 aromatic carbocycles. The molecule has 1 aliphatic heterocycles. The van der Waals surface area contributed by atoms with Crippen molar-refractivity contribution in [2.75, 3.05) is 13.1 Å². The third kappa shape index (κ3) is 3.75. The standard InChI is InChI=1S/C12H18N2O2.ClH/c1-9-5-8-16-11(9)12(15)14-7-4-10-3-2-6-13-10;/h5,8,10,13H,2-4,6-7H2,1H3,(H,14,15);1H/t10-;/m1./s1. The van der Waals surface area contributed by atoms with Crippen molar-refractivity contribution in [3.8, 4) is 0 Å². The molecule has 2 rings (SSSR count). The van der Waals surface area contributed by atoms with E-state index in [1.54, 1.807) is 12.3 Å². The van der Waals surface area contributed by atoms with Gasteiger partial charge >= 0.3 is 0 Å². The summed E-state index contributed by atoms with van der Waals surface area (Å²) in [5.41, 5.74) is 0.886. The zero-order valence-electron chi connectivity index (χ0n) is 9.99. The largest absolute Gasteiger partial charge is 0.459 e. The molecule has 1 fully saturated rings. The van der Waals surface area contributed by atoms with Gasteiger partial charge in [-0.3, -0.25) is 4.79 Å². The Balaban J connectivity index is 0.00000144. The summed E-state index contributed by atoms with van der Waals surface area (Å²) in [6.07, 6.45) is 5.00. The molecule has 1 saturated heterocycles. The first-order chi connectivity index (χ1) is 7.77. The number of aryl methyl sites for hydroxylation is 1. The molecule has 2 N–H and O–H groups in total. The number of hydrogen-bond donors (Lipinski definition) is 2. The maximum absolute atomic E-state index is 11.7. The lowest BCUT2D eigenvalue weighted by molar-refractivity contribution is 0.0924. The molecule has 5 heteroatoms.